The predicted octanol–water partition coefficient (Wildman–Crippen LogP) is 0.684. The van der Waals surface area contributed by atoms with Gasteiger partial charge in [-0.15, -0.1) is 0 Å². The number of amides is 1. The van der Waals surface area contributed by atoms with E-state index in [9.17, 15) is 13.2 Å². The number of benzene rings is 1. The van der Waals surface area contributed by atoms with E-state index in [0.29, 0.717) is 37.4 Å². The number of carbonyl (C=O) groups is 1. The van der Waals surface area contributed by atoms with Gasteiger partial charge in [-0.25, -0.2) is 8.42 Å². The highest BCUT2D eigenvalue weighted by Gasteiger charge is 2.46. The molecule has 1 aromatic rings. The Morgan fingerprint density at radius 2 is 1.91 bits per heavy atom. The van der Waals surface area contributed by atoms with E-state index in [-0.39, 0.29) is 18.1 Å². The number of carbonyl (C=O) groups excluding carboxylic acids is 1. The Bertz CT molecular complexity index is 820. The summed E-state index contributed by atoms with van der Waals surface area (Å²) in [6.45, 7) is 1.64. The van der Waals surface area contributed by atoms with E-state index in [0.717, 1.165) is 29.7 Å². The van der Waals surface area contributed by atoms with Crippen molar-refractivity contribution in [3.8, 4) is 0 Å². The standard InChI is InChI=1S/C16H18N2O4S/c19-15-2-1-10-5-14(6-11-3-4-17(15)16(10)11)23(20,21)18-8-13-7-12(18)9-22-13/h5-6,12-13H,1-4,7-9H2/t12-,13+/m0/s1. The average Bonchev–Trinajstić information content (AvgIpc) is 3.26. The van der Waals surface area contributed by atoms with E-state index in [1.165, 1.54) is 0 Å². The summed E-state index contributed by atoms with van der Waals surface area (Å²) in [6.07, 6.45) is 2.70. The van der Waals surface area contributed by atoms with E-state index in [4.69, 9.17) is 4.74 Å². The van der Waals surface area contributed by atoms with Crippen LogP contribution in [0.5, 0.6) is 0 Å². The third-order valence-electron chi connectivity index (χ3n) is 5.48. The Labute approximate surface area is 135 Å². The second-order valence-electron chi connectivity index (χ2n) is 6.81. The molecule has 7 heteroatoms. The first-order valence-electron chi connectivity index (χ1n) is 8.13. The second-order valence-corrected chi connectivity index (χ2v) is 8.70. The van der Waals surface area contributed by atoms with Crippen LogP contribution in [-0.2, 0) is 32.4 Å². The van der Waals surface area contributed by atoms with Gasteiger partial charge in [-0.1, -0.05) is 0 Å². The molecule has 2 saturated heterocycles. The van der Waals surface area contributed by atoms with Crippen molar-refractivity contribution in [2.75, 3.05) is 24.6 Å². The lowest BCUT2D eigenvalue weighted by Crippen LogP contribution is -2.41. The zero-order valence-corrected chi connectivity index (χ0v) is 13.5. The van der Waals surface area contributed by atoms with Gasteiger partial charge in [0.1, 0.15) is 0 Å². The molecule has 23 heavy (non-hydrogen) atoms. The van der Waals surface area contributed by atoms with E-state index < -0.39 is 10.0 Å². The molecule has 4 aliphatic heterocycles. The van der Waals surface area contributed by atoms with E-state index in [1.54, 1.807) is 16.4 Å². The summed E-state index contributed by atoms with van der Waals surface area (Å²) < 4.78 is 33.2. The summed E-state index contributed by atoms with van der Waals surface area (Å²) in [6, 6.07) is 3.54. The highest BCUT2D eigenvalue weighted by molar-refractivity contribution is 7.89. The van der Waals surface area contributed by atoms with Crippen LogP contribution in [0, 0.1) is 0 Å². The topological polar surface area (TPSA) is 66.9 Å². The molecule has 0 radical (unpaired) electrons. The fourth-order valence-corrected chi connectivity index (χ4v) is 6.12. The molecule has 2 fully saturated rings. The molecule has 2 bridgehead atoms. The van der Waals surface area contributed by atoms with Gasteiger partial charge in [0.05, 0.1) is 29.3 Å². The molecular weight excluding hydrogens is 316 g/mol. The van der Waals surface area contributed by atoms with Crippen molar-refractivity contribution in [1.29, 1.82) is 0 Å². The molecule has 4 aliphatic rings. The summed E-state index contributed by atoms with van der Waals surface area (Å²) in [5, 5.41) is 0. The Morgan fingerprint density at radius 3 is 2.61 bits per heavy atom. The smallest absolute Gasteiger partial charge is 0.243 e. The zero-order chi connectivity index (χ0) is 15.8. The van der Waals surface area contributed by atoms with Crippen LogP contribution < -0.4 is 4.90 Å². The monoisotopic (exact) mass is 334 g/mol. The first kappa shape index (κ1) is 13.9. The molecule has 0 N–H and O–H groups in total. The fraction of sp³-hybridized carbons (Fsp3) is 0.562. The number of hydrogen-bond acceptors (Lipinski definition) is 4. The Hall–Kier alpha value is -1.44. The van der Waals surface area contributed by atoms with Gasteiger partial charge in [-0.3, -0.25) is 4.79 Å². The molecule has 6 nitrogen and oxygen atoms in total. The minimum atomic E-state index is -3.48. The highest BCUT2D eigenvalue weighted by Crippen LogP contribution is 2.40. The lowest BCUT2D eigenvalue weighted by molar-refractivity contribution is -0.118. The molecule has 0 saturated carbocycles. The molecule has 5 rings (SSSR count). The van der Waals surface area contributed by atoms with E-state index >= 15 is 0 Å². The minimum Gasteiger partial charge on any atom is -0.375 e. The minimum absolute atomic E-state index is 0.0207. The largest absolute Gasteiger partial charge is 0.375 e. The predicted molar refractivity (Wildman–Crippen MR) is 82.9 cm³/mol. The highest BCUT2D eigenvalue weighted by atomic mass is 32.2. The molecule has 2 atom stereocenters. The molecule has 1 aromatic carbocycles. The maximum Gasteiger partial charge on any atom is 0.243 e. The van der Waals surface area contributed by atoms with Crippen LogP contribution in [0.2, 0.25) is 0 Å². The van der Waals surface area contributed by atoms with E-state index in [1.807, 2.05) is 4.90 Å². The Morgan fingerprint density at radius 1 is 1.13 bits per heavy atom. The number of morpholine rings is 1. The number of hydrogen-bond donors (Lipinski definition) is 0. The molecule has 4 heterocycles. The maximum absolute atomic E-state index is 13.0. The third kappa shape index (κ3) is 1.87. The van der Waals surface area contributed by atoms with Crippen molar-refractivity contribution in [2.45, 2.75) is 42.7 Å². The van der Waals surface area contributed by atoms with Crippen LogP contribution in [0.3, 0.4) is 0 Å². The Balaban J connectivity index is 1.59. The molecular formula is C16H18N2O4S. The van der Waals surface area contributed by atoms with E-state index in [2.05, 4.69) is 0 Å². The van der Waals surface area contributed by atoms with Gasteiger partial charge in [-0.2, -0.15) is 4.31 Å². The normalized spacial score (nSPS) is 29.4. The number of sulfonamides is 1. The van der Waals surface area contributed by atoms with Crippen molar-refractivity contribution in [3.63, 3.8) is 0 Å². The summed E-state index contributed by atoms with van der Waals surface area (Å²) in [5.41, 5.74) is 2.96. The Kier molecular flexibility index (Phi) is 2.76. The van der Waals surface area contributed by atoms with Gasteiger partial charge in [-0.05, 0) is 42.5 Å². The van der Waals surface area contributed by atoms with Crippen LogP contribution in [0.1, 0.15) is 24.0 Å². The maximum atomic E-state index is 13.0. The third-order valence-corrected chi connectivity index (χ3v) is 7.38. The van der Waals surface area contributed by atoms with Gasteiger partial charge >= 0.3 is 0 Å². The fourth-order valence-electron chi connectivity index (χ4n) is 4.37. The zero-order valence-electron chi connectivity index (χ0n) is 12.7. The molecule has 0 spiro atoms. The van der Waals surface area contributed by atoms with Crippen LogP contribution in [0.4, 0.5) is 5.69 Å². The number of rotatable bonds is 2. The van der Waals surface area contributed by atoms with Crippen LogP contribution >= 0.6 is 0 Å². The SMILES string of the molecule is O=C1CCc2cc(S(=O)(=O)N3C[C@H]4C[C@H]3CO4)cc3c2N1CC3. The van der Waals surface area contributed by atoms with Gasteiger partial charge in [0.25, 0.3) is 0 Å². The number of ether oxygens (including phenoxy) is 1. The van der Waals surface area contributed by atoms with Crippen molar-refractivity contribution in [2.24, 2.45) is 0 Å². The molecule has 0 aliphatic carbocycles. The number of fused-ring (bicyclic) bond motifs is 2. The second kappa shape index (κ2) is 4.55. The van der Waals surface area contributed by atoms with Gasteiger partial charge < -0.3 is 9.64 Å². The van der Waals surface area contributed by atoms with Crippen molar-refractivity contribution in [1.82, 2.24) is 4.31 Å². The van der Waals surface area contributed by atoms with Crippen molar-refractivity contribution >= 4 is 21.6 Å². The lowest BCUT2D eigenvalue weighted by atomic mass is 10.00. The molecule has 0 unspecified atom stereocenters. The first-order chi connectivity index (χ1) is 11.0. The summed E-state index contributed by atoms with van der Waals surface area (Å²) in [7, 11) is -3.48. The quantitative estimate of drug-likeness (QED) is 0.798. The summed E-state index contributed by atoms with van der Waals surface area (Å²) in [4.78, 5) is 14.2. The van der Waals surface area contributed by atoms with Crippen LogP contribution in [0.15, 0.2) is 17.0 Å². The summed E-state index contributed by atoms with van der Waals surface area (Å²) >= 11 is 0. The van der Waals surface area contributed by atoms with Crippen molar-refractivity contribution < 1.29 is 17.9 Å². The summed E-state index contributed by atoms with van der Waals surface area (Å²) in [5.74, 6) is 0.154. The number of anilines is 1. The van der Waals surface area contributed by atoms with Gasteiger partial charge in [0, 0.05) is 19.5 Å². The van der Waals surface area contributed by atoms with Crippen molar-refractivity contribution in [3.05, 3.63) is 23.3 Å². The van der Waals surface area contributed by atoms with Crippen LogP contribution in [-0.4, -0.2) is 50.5 Å². The molecule has 1 amide bonds. The molecule has 0 aromatic heterocycles. The van der Waals surface area contributed by atoms with Gasteiger partial charge in [0.2, 0.25) is 15.9 Å². The van der Waals surface area contributed by atoms with Crippen LogP contribution in [0.25, 0.3) is 0 Å². The molecule has 122 valence electrons. The number of aryl methyl sites for hydroxylation is 1. The first-order valence-corrected chi connectivity index (χ1v) is 9.57. The van der Waals surface area contributed by atoms with Gasteiger partial charge in [0.15, 0.2) is 0 Å². The number of nitrogens with zero attached hydrogens (tertiary/aromatic N) is 2. The average molecular weight is 334 g/mol. The lowest BCUT2D eigenvalue weighted by Gasteiger charge is -2.28.